The van der Waals surface area contributed by atoms with Gasteiger partial charge in [-0.25, -0.2) is 8.42 Å². The zero-order valence-electron chi connectivity index (χ0n) is 14.0. The highest BCUT2D eigenvalue weighted by Crippen LogP contribution is 2.36. The van der Waals surface area contributed by atoms with Crippen LogP contribution in [0.2, 0.25) is 0 Å². The average molecular weight is 437 g/mol. The van der Waals surface area contributed by atoms with E-state index in [1.807, 2.05) is 18.2 Å². The SMILES string of the molecule is CC1Oc2ccc(S(=O)(=O)N3CCCc4cc(Br)ccc43)cc2NC1=O. The molecule has 2 aliphatic heterocycles. The van der Waals surface area contributed by atoms with Crippen LogP contribution in [0.5, 0.6) is 5.75 Å². The number of sulfonamides is 1. The van der Waals surface area contributed by atoms with Crippen molar-refractivity contribution in [2.75, 3.05) is 16.2 Å². The smallest absolute Gasteiger partial charge is 0.265 e. The van der Waals surface area contributed by atoms with Crippen LogP contribution < -0.4 is 14.4 Å². The molecule has 136 valence electrons. The van der Waals surface area contributed by atoms with Crippen LogP contribution in [0.15, 0.2) is 45.8 Å². The first-order valence-electron chi connectivity index (χ1n) is 8.29. The van der Waals surface area contributed by atoms with Crippen LogP contribution in [0.4, 0.5) is 11.4 Å². The number of rotatable bonds is 2. The summed E-state index contributed by atoms with van der Waals surface area (Å²) in [5, 5.41) is 2.70. The molecule has 0 saturated carbocycles. The van der Waals surface area contributed by atoms with Crippen molar-refractivity contribution in [3.8, 4) is 5.75 Å². The fourth-order valence-electron chi connectivity index (χ4n) is 3.26. The second kappa shape index (κ2) is 6.28. The third kappa shape index (κ3) is 2.87. The third-order valence-corrected chi connectivity index (χ3v) is 6.89. The minimum atomic E-state index is -3.74. The molecule has 0 radical (unpaired) electrons. The Kier molecular flexibility index (Phi) is 4.19. The van der Waals surface area contributed by atoms with Gasteiger partial charge in [0, 0.05) is 11.0 Å². The van der Waals surface area contributed by atoms with E-state index in [4.69, 9.17) is 4.74 Å². The van der Waals surface area contributed by atoms with Crippen LogP contribution in [-0.2, 0) is 21.2 Å². The largest absolute Gasteiger partial charge is 0.479 e. The molecule has 2 aliphatic rings. The van der Waals surface area contributed by atoms with E-state index >= 15 is 0 Å². The Morgan fingerprint density at radius 3 is 2.85 bits per heavy atom. The highest BCUT2D eigenvalue weighted by atomic mass is 79.9. The number of carbonyl (C=O) groups is 1. The van der Waals surface area contributed by atoms with Gasteiger partial charge in [-0.2, -0.15) is 0 Å². The number of fused-ring (bicyclic) bond motifs is 2. The Balaban J connectivity index is 1.75. The van der Waals surface area contributed by atoms with E-state index in [9.17, 15) is 13.2 Å². The van der Waals surface area contributed by atoms with Crippen molar-refractivity contribution in [1.82, 2.24) is 0 Å². The average Bonchev–Trinajstić information content (AvgIpc) is 2.61. The van der Waals surface area contributed by atoms with Crippen molar-refractivity contribution in [1.29, 1.82) is 0 Å². The summed E-state index contributed by atoms with van der Waals surface area (Å²) in [6.07, 6.45) is 0.995. The summed E-state index contributed by atoms with van der Waals surface area (Å²) >= 11 is 3.44. The second-order valence-corrected chi connectivity index (χ2v) is 9.14. The molecule has 2 aromatic rings. The van der Waals surface area contributed by atoms with E-state index in [0.717, 1.165) is 22.9 Å². The molecule has 0 saturated heterocycles. The summed E-state index contributed by atoms with van der Waals surface area (Å²) in [5.41, 5.74) is 2.07. The molecule has 0 bridgehead atoms. The predicted molar refractivity (Wildman–Crippen MR) is 102 cm³/mol. The predicted octanol–water partition coefficient (Wildman–Crippen LogP) is 3.31. The number of carbonyl (C=O) groups excluding carboxylic acids is 1. The van der Waals surface area contributed by atoms with E-state index in [0.29, 0.717) is 23.7 Å². The highest BCUT2D eigenvalue weighted by molar-refractivity contribution is 9.10. The van der Waals surface area contributed by atoms with Crippen LogP contribution in [-0.4, -0.2) is 27.0 Å². The van der Waals surface area contributed by atoms with Gasteiger partial charge >= 0.3 is 0 Å². The van der Waals surface area contributed by atoms with Crippen molar-refractivity contribution in [3.05, 3.63) is 46.4 Å². The molecule has 1 N–H and O–H groups in total. The molecule has 8 heteroatoms. The van der Waals surface area contributed by atoms with Gasteiger partial charge in [0.1, 0.15) is 5.75 Å². The number of hydrogen-bond donors (Lipinski definition) is 1. The lowest BCUT2D eigenvalue weighted by Gasteiger charge is -2.31. The maximum absolute atomic E-state index is 13.2. The van der Waals surface area contributed by atoms with Gasteiger partial charge in [-0.3, -0.25) is 9.10 Å². The zero-order chi connectivity index (χ0) is 18.5. The maximum atomic E-state index is 13.2. The number of ether oxygens (including phenoxy) is 1. The van der Waals surface area contributed by atoms with Gasteiger partial charge in [-0.15, -0.1) is 0 Å². The van der Waals surface area contributed by atoms with Crippen LogP contribution in [0, 0.1) is 0 Å². The minimum Gasteiger partial charge on any atom is -0.479 e. The molecular weight excluding hydrogens is 420 g/mol. The van der Waals surface area contributed by atoms with Crippen LogP contribution in [0.25, 0.3) is 0 Å². The van der Waals surface area contributed by atoms with Gasteiger partial charge in [0.25, 0.3) is 15.9 Å². The van der Waals surface area contributed by atoms with Crippen molar-refractivity contribution < 1.29 is 17.9 Å². The highest BCUT2D eigenvalue weighted by Gasteiger charge is 2.31. The van der Waals surface area contributed by atoms with Crippen molar-refractivity contribution in [2.24, 2.45) is 0 Å². The molecule has 4 rings (SSSR count). The molecule has 0 spiro atoms. The van der Waals surface area contributed by atoms with Crippen LogP contribution in [0.3, 0.4) is 0 Å². The van der Waals surface area contributed by atoms with Gasteiger partial charge in [0.15, 0.2) is 6.10 Å². The van der Waals surface area contributed by atoms with Crippen LogP contribution in [0.1, 0.15) is 18.9 Å². The number of halogens is 1. The number of aryl methyl sites for hydroxylation is 1. The standard InChI is InChI=1S/C18H17BrN2O4S/c1-11-18(22)20-15-10-14(5-7-17(15)25-11)26(23,24)21-8-2-3-12-9-13(19)4-6-16(12)21/h4-7,9-11H,2-3,8H2,1H3,(H,20,22). The van der Waals surface area contributed by atoms with Crippen molar-refractivity contribution in [3.63, 3.8) is 0 Å². The number of nitrogens with one attached hydrogen (secondary N) is 1. The summed E-state index contributed by atoms with van der Waals surface area (Å²) < 4.78 is 34.3. The monoisotopic (exact) mass is 436 g/mol. The maximum Gasteiger partial charge on any atom is 0.265 e. The lowest BCUT2D eigenvalue weighted by atomic mass is 10.0. The number of benzene rings is 2. The third-order valence-electron chi connectivity index (χ3n) is 4.59. The number of hydrogen-bond acceptors (Lipinski definition) is 4. The normalized spacial score (nSPS) is 19.2. The molecular formula is C18H17BrN2O4S. The molecule has 1 atom stereocenters. The fraction of sp³-hybridized carbons (Fsp3) is 0.278. The molecule has 0 aromatic heterocycles. The molecule has 0 aliphatic carbocycles. The summed E-state index contributed by atoms with van der Waals surface area (Å²) in [6, 6.07) is 10.2. The van der Waals surface area contributed by atoms with Gasteiger partial charge in [-0.05, 0) is 61.7 Å². The number of nitrogens with zero attached hydrogens (tertiary/aromatic N) is 1. The van der Waals surface area contributed by atoms with E-state index in [1.54, 1.807) is 13.0 Å². The lowest BCUT2D eigenvalue weighted by Crippen LogP contribution is -2.36. The second-order valence-electron chi connectivity index (χ2n) is 6.36. The molecule has 2 aromatic carbocycles. The molecule has 6 nitrogen and oxygen atoms in total. The van der Waals surface area contributed by atoms with Crippen molar-refractivity contribution >= 4 is 43.2 Å². The summed E-state index contributed by atoms with van der Waals surface area (Å²) in [6.45, 7) is 2.07. The topological polar surface area (TPSA) is 75.7 Å². The Morgan fingerprint density at radius 1 is 1.23 bits per heavy atom. The molecule has 26 heavy (non-hydrogen) atoms. The van der Waals surface area contributed by atoms with E-state index in [1.165, 1.54) is 16.4 Å². The van der Waals surface area contributed by atoms with Gasteiger partial charge in [0.05, 0.1) is 16.3 Å². The van der Waals surface area contributed by atoms with Gasteiger partial charge in [-0.1, -0.05) is 15.9 Å². The molecule has 0 fully saturated rings. The minimum absolute atomic E-state index is 0.130. The van der Waals surface area contributed by atoms with E-state index < -0.39 is 16.1 Å². The van der Waals surface area contributed by atoms with E-state index in [2.05, 4.69) is 21.2 Å². The first-order chi connectivity index (χ1) is 12.4. The molecule has 1 unspecified atom stereocenters. The Labute approximate surface area is 160 Å². The lowest BCUT2D eigenvalue weighted by molar-refractivity contribution is -0.122. The van der Waals surface area contributed by atoms with Gasteiger partial charge in [0.2, 0.25) is 0 Å². The Bertz CT molecular complexity index is 1010. The molecule has 2 heterocycles. The van der Waals surface area contributed by atoms with Crippen molar-refractivity contribution in [2.45, 2.75) is 30.8 Å². The quantitative estimate of drug-likeness (QED) is 0.783. The van der Waals surface area contributed by atoms with Gasteiger partial charge < -0.3 is 10.1 Å². The summed E-state index contributed by atoms with van der Waals surface area (Å²) in [5.74, 6) is 0.180. The van der Waals surface area contributed by atoms with E-state index in [-0.39, 0.29) is 10.8 Å². The summed E-state index contributed by atoms with van der Waals surface area (Å²) in [7, 11) is -3.74. The Morgan fingerprint density at radius 2 is 2.04 bits per heavy atom. The first-order valence-corrected chi connectivity index (χ1v) is 10.5. The Hall–Kier alpha value is -2.06. The van der Waals surface area contributed by atoms with Crippen LogP contribution >= 0.6 is 15.9 Å². The molecule has 1 amide bonds. The fourth-order valence-corrected chi connectivity index (χ4v) is 5.23. The zero-order valence-corrected chi connectivity index (χ0v) is 16.4. The first kappa shape index (κ1) is 17.4. The summed E-state index contributed by atoms with van der Waals surface area (Å²) in [4.78, 5) is 11.9. The number of amides is 1. The number of anilines is 2.